The molecule has 1 heteroatoms. The minimum atomic E-state index is 0.493. The fourth-order valence-corrected chi connectivity index (χ4v) is 1.42. The van der Waals surface area contributed by atoms with Crippen molar-refractivity contribution < 1.29 is 0 Å². The molecule has 0 bridgehead atoms. The molecule has 0 aliphatic rings. The number of rotatable bonds is 4. The highest BCUT2D eigenvalue weighted by atomic mass is 79.9. The minimum Gasteiger partial charge on any atom is -0.0925 e. The van der Waals surface area contributed by atoms with Crippen molar-refractivity contribution in [2.45, 2.75) is 41.0 Å². The van der Waals surface area contributed by atoms with Gasteiger partial charge in [0.25, 0.3) is 0 Å². The van der Waals surface area contributed by atoms with Crippen molar-refractivity contribution in [1.82, 2.24) is 0 Å². The second-order valence-electron chi connectivity index (χ2n) is 4.61. The van der Waals surface area contributed by atoms with E-state index in [0.29, 0.717) is 5.41 Å². The first-order valence-electron chi connectivity index (χ1n) is 4.46. The Morgan fingerprint density at radius 2 is 1.64 bits per heavy atom. The van der Waals surface area contributed by atoms with Gasteiger partial charge in [-0.1, -0.05) is 50.5 Å². The molecule has 0 heterocycles. The first kappa shape index (κ1) is 11.5. The minimum absolute atomic E-state index is 0.493. The fraction of sp³-hybridized carbons (Fsp3) is 1.00. The summed E-state index contributed by atoms with van der Waals surface area (Å²) in [6.07, 6.45) is 1.32. The molecule has 0 amide bonds. The number of alkyl halides is 1. The molecule has 0 radical (unpaired) electrons. The average Bonchev–Trinajstić information content (AvgIpc) is 1.86. The molecular weight excluding hydrogens is 200 g/mol. The van der Waals surface area contributed by atoms with Crippen LogP contribution in [-0.2, 0) is 0 Å². The molecule has 0 aliphatic carbocycles. The second-order valence-corrected chi connectivity index (χ2v) is 5.25. The third-order valence-electron chi connectivity index (χ3n) is 2.70. The molecule has 0 rings (SSSR count). The van der Waals surface area contributed by atoms with Crippen LogP contribution in [0.2, 0.25) is 0 Å². The Labute approximate surface area is 79.9 Å². The molecule has 0 saturated heterocycles. The molecule has 0 N–H and O–H groups in total. The molecule has 68 valence electrons. The molecule has 0 aliphatic heterocycles. The van der Waals surface area contributed by atoms with Crippen LogP contribution < -0.4 is 0 Å². The standard InChI is InChI=1S/C10H21Br/c1-8(2)10(4,5)6-9(3)7-11/h8-9H,6-7H2,1-5H3. The molecule has 0 saturated carbocycles. The van der Waals surface area contributed by atoms with Crippen LogP contribution in [0, 0.1) is 17.3 Å². The normalized spacial score (nSPS) is 15.5. The van der Waals surface area contributed by atoms with Gasteiger partial charge >= 0.3 is 0 Å². The Morgan fingerprint density at radius 3 is 1.91 bits per heavy atom. The van der Waals surface area contributed by atoms with Crippen molar-refractivity contribution in [2.24, 2.45) is 17.3 Å². The van der Waals surface area contributed by atoms with Crippen LogP contribution in [-0.4, -0.2) is 5.33 Å². The van der Waals surface area contributed by atoms with E-state index in [9.17, 15) is 0 Å². The van der Waals surface area contributed by atoms with Gasteiger partial charge in [-0.15, -0.1) is 0 Å². The summed E-state index contributed by atoms with van der Waals surface area (Å²) in [7, 11) is 0. The third-order valence-corrected chi connectivity index (χ3v) is 3.81. The molecule has 1 atom stereocenters. The lowest BCUT2D eigenvalue weighted by molar-refractivity contribution is 0.201. The monoisotopic (exact) mass is 220 g/mol. The lowest BCUT2D eigenvalue weighted by atomic mass is 9.75. The highest BCUT2D eigenvalue weighted by molar-refractivity contribution is 9.09. The van der Waals surface area contributed by atoms with Crippen LogP contribution in [0.15, 0.2) is 0 Å². The zero-order chi connectivity index (χ0) is 9.07. The van der Waals surface area contributed by atoms with Crippen molar-refractivity contribution in [1.29, 1.82) is 0 Å². The molecule has 0 aromatic heterocycles. The van der Waals surface area contributed by atoms with Crippen molar-refractivity contribution in [3.05, 3.63) is 0 Å². The molecule has 0 nitrogen and oxygen atoms in total. The average molecular weight is 221 g/mol. The van der Waals surface area contributed by atoms with Gasteiger partial charge in [0.15, 0.2) is 0 Å². The molecule has 0 aromatic rings. The molecule has 1 unspecified atom stereocenters. The summed E-state index contributed by atoms with van der Waals surface area (Å²) in [6, 6.07) is 0. The van der Waals surface area contributed by atoms with Gasteiger partial charge < -0.3 is 0 Å². The summed E-state index contributed by atoms with van der Waals surface area (Å²) >= 11 is 3.52. The van der Waals surface area contributed by atoms with E-state index in [1.165, 1.54) is 6.42 Å². The van der Waals surface area contributed by atoms with Crippen LogP contribution in [0.3, 0.4) is 0 Å². The zero-order valence-corrected chi connectivity index (χ0v) is 10.0. The highest BCUT2D eigenvalue weighted by Crippen LogP contribution is 2.33. The summed E-state index contributed by atoms with van der Waals surface area (Å²) < 4.78 is 0. The number of hydrogen-bond acceptors (Lipinski definition) is 0. The van der Waals surface area contributed by atoms with Crippen LogP contribution in [0.5, 0.6) is 0 Å². The Hall–Kier alpha value is 0.480. The van der Waals surface area contributed by atoms with E-state index < -0.39 is 0 Å². The van der Waals surface area contributed by atoms with Gasteiger partial charge in [0.1, 0.15) is 0 Å². The number of halogens is 1. The maximum absolute atomic E-state index is 3.52. The SMILES string of the molecule is CC(CBr)CC(C)(C)C(C)C. The first-order chi connectivity index (χ1) is 4.90. The van der Waals surface area contributed by atoms with Gasteiger partial charge in [-0.3, -0.25) is 0 Å². The number of hydrogen-bond donors (Lipinski definition) is 0. The lowest BCUT2D eigenvalue weighted by Gasteiger charge is -2.31. The van der Waals surface area contributed by atoms with Crippen LogP contribution >= 0.6 is 15.9 Å². The maximum atomic E-state index is 3.52. The topological polar surface area (TPSA) is 0 Å². The second kappa shape index (κ2) is 4.49. The first-order valence-corrected chi connectivity index (χ1v) is 5.58. The molecule has 0 aromatic carbocycles. The molecular formula is C10H21Br. The summed E-state index contributed by atoms with van der Waals surface area (Å²) in [5.74, 6) is 1.58. The summed E-state index contributed by atoms with van der Waals surface area (Å²) in [6.45, 7) is 11.6. The molecule has 0 fully saturated rings. The van der Waals surface area contributed by atoms with Gasteiger partial charge in [0.05, 0.1) is 0 Å². The van der Waals surface area contributed by atoms with Crippen molar-refractivity contribution >= 4 is 15.9 Å². The Bertz CT molecular complexity index is 105. The maximum Gasteiger partial charge on any atom is 0.00572 e. The Balaban J connectivity index is 3.90. The van der Waals surface area contributed by atoms with Crippen LogP contribution in [0.25, 0.3) is 0 Å². The molecule has 0 spiro atoms. The van der Waals surface area contributed by atoms with Gasteiger partial charge in [-0.25, -0.2) is 0 Å². The molecule has 11 heavy (non-hydrogen) atoms. The fourth-order valence-electron chi connectivity index (χ4n) is 1.19. The summed E-state index contributed by atoms with van der Waals surface area (Å²) in [4.78, 5) is 0. The smallest absolute Gasteiger partial charge is 0.00572 e. The van der Waals surface area contributed by atoms with E-state index in [-0.39, 0.29) is 0 Å². The van der Waals surface area contributed by atoms with E-state index in [2.05, 4.69) is 50.5 Å². The van der Waals surface area contributed by atoms with E-state index in [1.807, 2.05) is 0 Å². The largest absolute Gasteiger partial charge is 0.0925 e. The van der Waals surface area contributed by atoms with Gasteiger partial charge in [0.2, 0.25) is 0 Å². The van der Waals surface area contributed by atoms with Gasteiger partial charge in [0, 0.05) is 5.33 Å². The summed E-state index contributed by atoms with van der Waals surface area (Å²) in [5.41, 5.74) is 0.493. The quantitative estimate of drug-likeness (QED) is 0.627. The van der Waals surface area contributed by atoms with E-state index >= 15 is 0 Å². The Morgan fingerprint density at radius 1 is 1.18 bits per heavy atom. The van der Waals surface area contributed by atoms with Crippen molar-refractivity contribution in [3.63, 3.8) is 0 Å². The predicted octanol–water partition coefficient (Wildman–Crippen LogP) is 4.09. The van der Waals surface area contributed by atoms with Crippen molar-refractivity contribution in [2.75, 3.05) is 5.33 Å². The third kappa shape index (κ3) is 4.15. The van der Waals surface area contributed by atoms with Crippen LogP contribution in [0.4, 0.5) is 0 Å². The van der Waals surface area contributed by atoms with E-state index in [4.69, 9.17) is 0 Å². The van der Waals surface area contributed by atoms with Gasteiger partial charge in [-0.2, -0.15) is 0 Å². The summed E-state index contributed by atoms with van der Waals surface area (Å²) in [5, 5.41) is 1.13. The zero-order valence-electron chi connectivity index (χ0n) is 8.45. The predicted molar refractivity (Wildman–Crippen MR) is 56.2 cm³/mol. The lowest BCUT2D eigenvalue weighted by Crippen LogP contribution is -2.22. The Kier molecular flexibility index (Phi) is 4.69. The van der Waals surface area contributed by atoms with Crippen molar-refractivity contribution in [3.8, 4) is 0 Å². The van der Waals surface area contributed by atoms with Gasteiger partial charge in [-0.05, 0) is 23.7 Å². The van der Waals surface area contributed by atoms with E-state index in [0.717, 1.165) is 17.2 Å². The highest BCUT2D eigenvalue weighted by Gasteiger charge is 2.23. The van der Waals surface area contributed by atoms with E-state index in [1.54, 1.807) is 0 Å². The van der Waals surface area contributed by atoms with Crippen LogP contribution in [0.1, 0.15) is 41.0 Å².